The fraction of sp³-hybridized carbons (Fsp3) is 0.269. The number of piperidine rings is 1. The molecule has 1 aliphatic heterocycles. The monoisotopic (exact) mass is 515 g/mol. The Hall–Kier alpha value is -2.32. The van der Waals surface area contributed by atoms with Crippen molar-refractivity contribution in [2.45, 2.75) is 35.3 Å². The van der Waals surface area contributed by atoms with E-state index in [1.165, 1.54) is 16.1 Å². The summed E-state index contributed by atoms with van der Waals surface area (Å²) in [6, 6.07) is 23.2. The van der Waals surface area contributed by atoms with Gasteiger partial charge in [-0.05, 0) is 42.7 Å². The Morgan fingerprint density at radius 1 is 1.03 bits per heavy atom. The van der Waals surface area contributed by atoms with Gasteiger partial charge in [-0.1, -0.05) is 77.8 Å². The van der Waals surface area contributed by atoms with E-state index in [0.29, 0.717) is 17.2 Å². The molecule has 0 aromatic heterocycles. The lowest BCUT2D eigenvalue weighted by atomic mass is 9.90. The first-order chi connectivity index (χ1) is 16.3. The van der Waals surface area contributed by atoms with Gasteiger partial charge in [0.1, 0.15) is 0 Å². The number of carboxylic acids is 1. The maximum atomic E-state index is 13.7. The average Bonchev–Trinajstić information content (AvgIpc) is 2.83. The van der Waals surface area contributed by atoms with Crippen LogP contribution >= 0.6 is 23.4 Å². The second kappa shape index (κ2) is 10.5. The summed E-state index contributed by atoms with van der Waals surface area (Å²) in [7, 11) is -3.90. The molecule has 1 heterocycles. The normalized spacial score (nSPS) is 21.3. The van der Waals surface area contributed by atoms with E-state index >= 15 is 0 Å². The summed E-state index contributed by atoms with van der Waals surface area (Å²) in [5.41, 5.74) is 2.74. The number of nitrogens with zero attached hydrogens (tertiary/aromatic N) is 1. The van der Waals surface area contributed by atoms with Gasteiger partial charge in [-0.3, -0.25) is 4.79 Å². The van der Waals surface area contributed by atoms with Crippen LogP contribution in [0.4, 0.5) is 0 Å². The van der Waals surface area contributed by atoms with Gasteiger partial charge in [0.05, 0.1) is 16.9 Å². The van der Waals surface area contributed by atoms with Gasteiger partial charge in [0.15, 0.2) is 0 Å². The molecule has 3 aromatic carbocycles. The van der Waals surface area contributed by atoms with Gasteiger partial charge in [0, 0.05) is 22.6 Å². The Balaban J connectivity index is 1.69. The number of benzene rings is 3. The summed E-state index contributed by atoms with van der Waals surface area (Å²) in [6.07, 6.45) is 0.390. The molecule has 0 amide bonds. The maximum absolute atomic E-state index is 13.7. The summed E-state index contributed by atoms with van der Waals surface area (Å²) in [5.74, 6) is -1.28. The van der Waals surface area contributed by atoms with E-state index in [1.807, 2.05) is 61.5 Å². The van der Waals surface area contributed by atoms with E-state index in [9.17, 15) is 18.3 Å². The first-order valence-corrected chi connectivity index (χ1v) is 13.9. The van der Waals surface area contributed by atoms with Gasteiger partial charge >= 0.3 is 5.97 Å². The first-order valence-electron chi connectivity index (χ1n) is 11.0. The van der Waals surface area contributed by atoms with Crippen molar-refractivity contribution < 1.29 is 18.3 Å². The number of carbonyl (C=O) groups is 1. The van der Waals surface area contributed by atoms with Crippen LogP contribution in [0.1, 0.15) is 29.2 Å². The van der Waals surface area contributed by atoms with E-state index in [4.69, 9.17) is 11.6 Å². The minimum Gasteiger partial charge on any atom is -0.481 e. The van der Waals surface area contributed by atoms with Crippen LogP contribution in [0, 0.1) is 12.8 Å². The van der Waals surface area contributed by atoms with Gasteiger partial charge in [0.25, 0.3) is 0 Å². The Labute approximate surface area is 209 Å². The van der Waals surface area contributed by atoms with Crippen molar-refractivity contribution in [1.29, 1.82) is 0 Å². The Kier molecular flexibility index (Phi) is 7.67. The van der Waals surface area contributed by atoms with Crippen LogP contribution in [-0.2, 0) is 20.6 Å². The molecule has 3 aromatic rings. The van der Waals surface area contributed by atoms with E-state index < -0.39 is 28.0 Å². The van der Waals surface area contributed by atoms with Crippen LogP contribution in [0.25, 0.3) is 0 Å². The molecule has 0 spiro atoms. The van der Waals surface area contributed by atoms with Crippen LogP contribution in [0.2, 0.25) is 5.02 Å². The molecular formula is C26H26ClNO4S2. The molecule has 178 valence electrons. The lowest BCUT2D eigenvalue weighted by Gasteiger charge is -2.41. The highest BCUT2D eigenvalue weighted by Gasteiger charge is 2.45. The molecular weight excluding hydrogens is 490 g/mol. The number of sulfonamides is 1. The average molecular weight is 516 g/mol. The summed E-state index contributed by atoms with van der Waals surface area (Å²) in [4.78, 5) is 12.5. The summed E-state index contributed by atoms with van der Waals surface area (Å²) >= 11 is 7.83. The lowest BCUT2D eigenvalue weighted by molar-refractivity contribution is -0.143. The number of halogens is 1. The SMILES string of the molecule is Cc1ccc(S(=O)(=O)N2C[C@@H](C(=O)O)[C@H](SCc3ccccc3Cl)C[C@H]2c2ccccc2)cc1. The molecule has 3 atom stereocenters. The third-order valence-electron chi connectivity index (χ3n) is 6.17. The van der Waals surface area contributed by atoms with E-state index in [1.54, 1.807) is 24.3 Å². The highest BCUT2D eigenvalue weighted by molar-refractivity contribution is 7.99. The maximum Gasteiger partial charge on any atom is 0.308 e. The summed E-state index contributed by atoms with van der Waals surface area (Å²) < 4.78 is 28.8. The Morgan fingerprint density at radius 2 is 1.68 bits per heavy atom. The predicted molar refractivity (Wildman–Crippen MR) is 137 cm³/mol. The van der Waals surface area contributed by atoms with Gasteiger partial charge in [-0.25, -0.2) is 8.42 Å². The van der Waals surface area contributed by atoms with E-state index in [0.717, 1.165) is 16.7 Å². The molecule has 4 rings (SSSR count). The summed E-state index contributed by atoms with van der Waals surface area (Å²) in [6.45, 7) is 1.80. The molecule has 0 aliphatic carbocycles. The smallest absolute Gasteiger partial charge is 0.308 e. The second-order valence-electron chi connectivity index (χ2n) is 8.44. The highest BCUT2D eigenvalue weighted by Crippen LogP contribution is 2.43. The minimum absolute atomic E-state index is 0.0920. The topological polar surface area (TPSA) is 74.7 Å². The molecule has 0 saturated carbocycles. The summed E-state index contributed by atoms with van der Waals surface area (Å²) in [5, 5.41) is 10.4. The van der Waals surface area contributed by atoms with Crippen molar-refractivity contribution in [1.82, 2.24) is 4.31 Å². The molecule has 5 nitrogen and oxygen atoms in total. The zero-order valence-electron chi connectivity index (χ0n) is 18.7. The number of aliphatic carboxylic acids is 1. The van der Waals surface area contributed by atoms with Crippen LogP contribution in [0.5, 0.6) is 0 Å². The fourth-order valence-corrected chi connectivity index (χ4v) is 7.59. The van der Waals surface area contributed by atoms with Crippen LogP contribution < -0.4 is 0 Å². The number of hydrogen-bond acceptors (Lipinski definition) is 4. The number of aryl methyl sites for hydroxylation is 1. The molecule has 1 aliphatic rings. The first kappa shape index (κ1) is 24.8. The largest absolute Gasteiger partial charge is 0.481 e. The molecule has 1 saturated heterocycles. The zero-order valence-corrected chi connectivity index (χ0v) is 21.1. The molecule has 8 heteroatoms. The third-order valence-corrected chi connectivity index (χ3v) is 9.85. The minimum atomic E-state index is -3.90. The van der Waals surface area contributed by atoms with Gasteiger partial charge in [-0.2, -0.15) is 16.1 Å². The van der Waals surface area contributed by atoms with Crippen LogP contribution in [0.15, 0.2) is 83.8 Å². The number of carboxylic acid groups (broad SMARTS) is 1. The van der Waals surface area contributed by atoms with E-state index in [2.05, 4.69) is 0 Å². The lowest BCUT2D eigenvalue weighted by Crippen LogP contribution is -2.49. The number of hydrogen-bond donors (Lipinski definition) is 1. The molecule has 0 bridgehead atoms. The van der Waals surface area contributed by atoms with Gasteiger partial charge in [-0.15, -0.1) is 0 Å². The third kappa shape index (κ3) is 5.33. The van der Waals surface area contributed by atoms with Crippen molar-refractivity contribution in [2.24, 2.45) is 5.92 Å². The number of rotatable bonds is 7. The van der Waals surface area contributed by atoms with Crippen LogP contribution in [-0.4, -0.2) is 35.6 Å². The van der Waals surface area contributed by atoms with Crippen molar-refractivity contribution >= 4 is 39.4 Å². The Morgan fingerprint density at radius 3 is 2.32 bits per heavy atom. The second-order valence-corrected chi connectivity index (χ2v) is 12.0. The zero-order chi connectivity index (χ0) is 24.3. The molecule has 34 heavy (non-hydrogen) atoms. The molecule has 0 radical (unpaired) electrons. The van der Waals surface area contributed by atoms with Gasteiger partial charge < -0.3 is 5.11 Å². The van der Waals surface area contributed by atoms with Gasteiger partial charge in [0.2, 0.25) is 10.0 Å². The highest BCUT2D eigenvalue weighted by atomic mass is 35.5. The quantitative estimate of drug-likeness (QED) is 0.431. The molecule has 1 fully saturated rings. The molecule has 1 N–H and O–H groups in total. The van der Waals surface area contributed by atoms with Crippen LogP contribution in [0.3, 0.4) is 0 Å². The van der Waals surface area contributed by atoms with Crippen molar-refractivity contribution in [3.05, 3.63) is 101 Å². The van der Waals surface area contributed by atoms with Crippen molar-refractivity contribution in [3.63, 3.8) is 0 Å². The Bertz CT molecular complexity index is 1250. The number of thioether (sulfide) groups is 1. The van der Waals surface area contributed by atoms with Crippen molar-refractivity contribution in [3.8, 4) is 0 Å². The fourth-order valence-electron chi connectivity index (χ4n) is 4.26. The molecule has 0 unspecified atom stereocenters. The van der Waals surface area contributed by atoms with Crippen molar-refractivity contribution in [2.75, 3.05) is 6.54 Å². The predicted octanol–water partition coefficient (Wildman–Crippen LogP) is 5.79. The standard InChI is InChI=1S/C26H26ClNO4S2/c1-18-11-13-21(14-12-18)34(31,32)28-16-22(26(29)30)25(15-24(28)19-7-3-2-4-8-19)33-17-20-9-5-6-10-23(20)27/h2-14,22,24-25H,15-17H2,1H3,(H,29,30)/t22-,24+,25-/m1/s1. The van der Waals surface area contributed by atoms with E-state index in [-0.39, 0.29) is 16.7 Å².